The van der Waals surface area contributed by atoms with Crippen LogP contribution in [0.1, 0.15) is 52.9 Å². The first-order chi connectivity index (χ1) is 5.84. The minimum atomic E-state index is 0.902. The van der Waals surface area contributed by atoms with Gasteiger partial charge in [0.25, 0.3) is 0 Å². The molecule has 0 aromatic heterocycles. The molecule has 0 aromatic carbocycles. The molecule has 1 nitrogen and oxygen atoms in total. The zero-order valence-electron chi connectivity index (χ0n) is 9.27. The Kier molecular flexibility index (Phi) is 7.58. The molecule has 0 saturated heterocycles. The van der Waals surface area contributed by atoms with Gasteiger partial charge >= 0.3 is 0 Å². The van der Waals surface area contributed by atoms with Crippen molar-refractivity contribution in [3.8, 4) is 0 Å². The van der Waals surface area contributed by atoms with Crippen LogP contribution in [0.3, 0.4) is 0 Å². The highest BCUT2D eigenvalue weighted by atomic mass is 15.1. The van der Waals surface area contributed by atoms with Crippen molar-refractivity contribution < 1.29 is 0 Å². The van der Waals surface area contributed by atoms with Crippen molar-refractivity contribution in [3.63, 3.8) is 0 Å². The van der Waals surface area contributed by atoms with Gasteiger partial charge in [-0.3, -0.25) is 0 Å². The van der Waals surface area contributed by atoms with Gasteiger partial charge in [0.15, 0.2) is 0 Å². The Labute approximate surface area is 78.1 Å². The van der Waals surface area contributed by atoms with Gasteiger partial charge < -0.3 is 4.90 Å². The lowest BCUT2D eigenvalue weighted by Crippen LogP contribution is -2.32. The van der Waals surface area contributed by atoms with Crippen molar-refractivity contribution in [3.05, 3.63) is 0 Å². The Morgan fingerprint density at radius 1 is 1.08 bits per heavy atom. The maximum Gasteiger partial charge on any atom is 0.00920 e. The third-order valence-corrected chi connectivity index (χ3v) is 2.70. The summed E-state index contributed by atoms with van der Waals surface area (Å²) in [5, 5.41) is 0. The van der Waals surface area contributed by atoms with E-state index in [9.17, 15) is 0 Å². The molecule has 1 aliphatic carbocycles. The number of hydrogen-bond donors (Lipinski definition) is 0. The first kappa shape index (κ1) is 12.0. The summed E-state index contributed by atoms with van der Waals surface area (Å²) in [6.45, 7) is 7.46. The average Bonchev–Trinajstić information content (AvgIpc) is 2.21. The Balaban J connectivity index is 0.000000561. The minimum Gasteiger partial charge on any atom is -0.304 e. The van der Waals surface area contributed by atoms with Gasteiger partial charge in [0.05, 0.1) is 0 Å². The van der Waals surface area contributed by atoms with Crippen LogP contribution in [0.4, 0.5) is 0 Å². The van der Waals surface area contributed by atoms with Gasteiger partial charge in [0.2, 0.25) is 0 Å². The fraction of sp³-hybridized carbons (Fsp3) is 1.00. The maximum absolute atomic E-state index is 2.49. The molecule has 0 heterocycles. The van der Waals surface area contributed by atoms with Crippen molar-refractivity contribution in [2.75, 3.05) is 13.6 Å². The molecule has 74 valence electrons. The Bertz CT molecular complexity index is 85.0. The molecule has 0 aromatic rings. The Hall–Kier alpha value is -0.0400. The van der Waals surface area contributed by atoms with E-state index in [4.69, 9.17) is 0 Å². The molecule has 0 bridgehead atoms. The molecule has 1 aliphatic rings. The van der Waals surface area contributed by atoms with E-state index in [1.165, 1.54) is 38.6 Å². The molecule has 0 N–H and O–H groups in total. The highest BCUT2D eigenvalue weighted by molar-refractivity contribution is 4.72. The first-order valence-corrected chi connectivity index (χ1v) is 5.55. The monoisotopic (exact) mass is 171 g/mol. The molecule has 0 atom stereocenters. The highest BCUT2D eigenvalue weighted by Gasteiger charge is 2.15. The lowest BCUT2D eigenvalue weighted by Gasteiger charge is -2.29. The fourth-order valence-corrected chi connectivity index (χ4v) is 1.78. The van der Waals surface area contributed by atoms with Gasteiger partial charge in [-0.2, -0.15) is 0 Å². The molecule has 0 radical (unpaired) electrons. The second-order valence-corrected chi connectivity index (χ2v) is 3.37. The number of hydrogen-bond acceptors (Lipinski definition) is 1. The third kappa shape index (κ3) is 4.10. The zero-order chi connectivity index (χ0) is 9.40. The maximum atomic E-state index is 2.49. The van der Waals surface area contributed by atoms with Crippen LogP contribution in [0.25, 0.3) is 0 Å². The second kappa shape index (κ2) is 7.60. The summed E-state index contributed by atoms with van der Waals surface area (Å²) in [5.74, 6) is 0. The van der Waals surface area contributed by atoms with Gasteiger partial charge in [-0.05, 0) is 26.4 Å². The van der Waals surface area contributed by atoms with Crippen LogP contribution in [-0.2, 0) is 0 Å². The largest absolute Gasteiger partial charge is 0.304 e. The van der Waals surface area contributed by atoms with E-state index in [0.717, 1.165) is 6.04 Å². The standard InChI is InChI=1S/C9H19N.C2H6/c1-3-10(2)9-7-5-4-6-8-9;1-2/h9H,3-8H2,1-2H3;1-2H3. The highest BCUT2D eigenvalue weighted by Crippen LogP contribution is 2.20. The van der Waals surface area contributed by atoms with E-state index in [2.05, 4.69) is 18.9 Å². The van der Waals surface area contributed by atoms with Crippen LogP contribution in [0, 0.1) is 0 Å². The van der Waals surface area contributed by atoms with E-state index in [1.807, 2.05) is 13.8 Å². The predicted molar refractivity (Wildman–Crippen MR) is 56.5 cm³/mol. The summed E-state index contributed by atoms with van der Waals surface area (Å²) in [7, 11) is 2.25. The summed E-state index contributed by atoms with van der Waals surface area (Å²) in [6.07, 6.45) is 7.24. The second-order valence-electron chi connectivity index (χ2n) is 3.37. The van der Waals surface area contributed by atoms with Gasteiger partial charge in [-0.15, -0.1) is 0 Å². The van der Waals surface area contributed by atoms with Crippen LogP contribution in [0.2, 0.25) is 0 Å². The van der Waals surface area contributed by atoms with Gasteiger partial charge in [-0.1, -0.05) is 40.0 Å². The first-order valence-electron chi connectivity index (χ1n) is 5.55. The van der Waals surface area contributed by atoms with E-state index in [1.54, 1.807) is 0 Å². The molecule has 1 saturated carbocycles. The average molecular weight is 171 g/mol. The molecule has 0 spiro atoms. The fourth-order valence-electron chi connectivity index (χ4n) is 1.78. The lowest BCUT2D eigenvalue weighted by atomic mass is 9.95. The van der Waals surface area contributed by atoms with Crippen molar-refractivity contribution in [1.29, 1.82) is 0 Å². The Morgan fingerprint density at radius 2 is 1.58 bits per heavy atom. The van der Waals surface area contributed by atoms with Crippen LogP contribution < -0.4 is 0 Å². The van der Waals surface area contributed by atoms with Gasteiger partial charge in [0, 0.05) is 6.04 Å². The quantitative estimate of drug-likeness (QED) is 0.616. The summed E-state index contributed by atoms with van der Waals surface area (Å²) in [4.78, 5) is 2.49. The number of rotatable bonds is 2. The summed E-state index contributed by atoms with van der Waals surface area (Å²) in [5.41, 5.74) is 0. The molecule has 0 aliphatic heterocycles. The van der Waals surface area contributed by atoms with Crippen molar-refractivity contribution in [2.45, 2.75) is 58.9 Å². The Morgan fingerprint density at radius 3 is 2.00 bits per heavy atom. The molecule has 1 fully saturated rings. The van der Waals surface area contributed by atoms with E-state index >= 15 is 0 Å². The lowest BCUT2D eigenvalue weighted by molar-refractivity contribution is 0.200. The molecule has 0 amide bonds. The summed E-state index contributed by atoms with van der Waals surface area (Å²) in [6, 6.07) is 0.902. The summed E-state index contributed by atoms with van der Waals surface area (Å²) < 4.78 is 0. The van der Waals surface area contributed by atoms with Gasteiger partial charge in [0.1, 0.15) is 0 Å². The van der Waals surface area contributed by atoms with Crippen molar-refractivity contribution >= 4 is 0 Å². The van der Waals surface area contributed by atoms with Crippen molar-refractivity contribution in [1.82, 2.24) is 4.90 Å². The van der Waals surface area contributed by atoms with Crippen LogP contribution in [0.5, 0.6) is 0 Å². The molecular formula is C11H25N. The predicted octanol–water partition coefficient (Wildman–Crippen LogP) is 3.30. The van der Waals surface area contributed by atoms with Crippen LogP contribution in [-0.4, -0.2) is 24.5 Å². The molecular weight excluding hydrogens is 146 g/mol. The van der Waals surface area contributed by atoms with E-state index in [-0.39, 0.29) is 0 Å². The number of nitrogens with zero attached hydrogens (tertiary/aromatic N) is 1. The van der Waals surface area contributed by atoms with Gasteiger partial charge in [-0.25, -0.2) is 0 Å². The van der Waals surface area contributed by atoms with Crippen molar-refractivity contribution in [2.24, 2.45) is 0 Å². The minimum absolute atomic E-state index is 0.902. The molecule has 0 unspecified atom stereocenters. The summed E-state index contributed by atoms with van der Waals surface area (Å²) >= 11 is 0. The van der Waals surface area contributed by atoms with Crippen LogP contribution >= 0.6 is 0 Å². The smallest absolute Gasteiger partial charge is 0.00920 e. The molecule has 1 heteroatoms. The third-order valence-electron chi connectivity index (χ3n) is 2.70. The zero-order valence-corrected chi connectivity index (χ0v) is 9.27. The topological polar surface area (TPSA) is 3.24 Å². The van der Waals surface area contributed by atoms with Crippen LogP contribution in [0.15, 0.2) is 0 Å². The normalized spacial score (nSPS) is 18.8. The van der Waals surface area contributed by atoms with E-state index in [0.29, 0.717) is 0 Å². The molecule has 12 heavy (non-hydrogen) atoms. The molecule has 1 rings (SSSR count). The SMILES string of the molecule is CC.CCN(C)C1CCCCC1. The van der Waals surface area contributed by atoms with E-state index < -0.39 is 0 Å².